The Bertz CT molecular complexity index is 788. The lowest BCUT2D eigenvalue weighted by atomic mass is 9.80. The number of aliphatic hydroxyl groups is 1. The summed E-state index contributed by atoms with van der Waals surface area (Å²) in [5.41, 5.74) is 1.11. The first kappa shape index (κ1) is 18.2. The number of hydrogen-bond acceptors (Lipinski definition) is 4. The minimum absolute atomic E-state index is 0.0837. The zero-order valence-corrected chi connectivity index (χ0v) is 15.7. The molecule has 2 saturated heterocycles. The second kappa shape index (κ2) is 7.10. The molecule has 27 heavy (non-hydrogen) atoms. The minimum Gasteiger partial charge on any atom is -0.508 e. The van der Waals surface area contributed by atoms with Crippen molar-refractivity contribution < 1.29 is 15.0 Å². The van der Waals surface area contributed by atoms with Crippen LogP contribution in [-0.2, 0) is 6.42 Å². The van der Waals surface area contributed by atoms with Crippen LogP contribution in [0.4, 0.5) is 0 Å². The van der Waals surface area contributed by atoms with Crippen molar-refractivity contribution in [1.82, 2.24) is 4.90 Å². The summed E-state index contributed by atoms with van der Waals surface area (Å²) in [5.74, 6) is 0.253. The average Bonchev–Trinajstić information content (AvgIpc) is 2.94. The maximum absolute atomic E-state index is 12.9. The molecule has 2 aromatic rings. The first-order valence-corrected chi connectivity index (χ1v) is 9.82. The Hall–Kier alpha value is -2.17. The predicted octanol–water partition coefficient (Wildman–Crippen LogP) is 3.56. The van der Waals surface area contributed by atoms with Gasteiger partial charge in [-0.15, -0.1) is 0 Å². The zero-order valence-electron chi connectivity index (χ0n) is 15.7. The third-order valence-electron chi connectivity index (χ3n) is 6.26. The molecule has 2 fully saturated rings. The van der Waals surface area contributed by atoms with E-state index < -0.39 is 5.60 Å². The van der Waals surface area contributed by atoms with Crippen LogP contribution in [0.1, 0.15) is 48.5 Å². The van der Waals surface area contributed by atoms with Gasteiger partial charge >= 0.3 is 0 Å². The Balaban J connectivity index is 1.48. The Kier molecular flexibility index (Phi) is 4.79. The molecular weight excluding hydrogens is 338 g/mol. The van der Waals surface area contributed by atoms with Gasteiger partial charge in [-0.1, -0.05) is 30.3 Å². The molecule has 3 atom stereocenters. The molecule has 2 aromatic carbocycles. The molecule has 4 heteroatoms. The largest absolute Gasteiger partial charge is 0.508 e. The second-order valence-electron chi connectivity index (χ2n) is 8.21. The van der Waals surface area contributed by atoms with Crippen LogP contribution in [0.5, 0.6) is 5.75 Å². The summed E-state index contributed by atoms with van der Waals surface area (Å²) in [5, 5.41) is 20.7. The fourth-order valence-corrected chi connectivity index (χ4v) is 5.11. The quantitative estimate of drug-likeness (QED) is 0.796. The van der Waals surface area contributed by atoms with E-state index >= 15 is 0 Å². The van der Waals surface area contributed by atoms with Gasteiger partial charge in [-0.2, -0.15) is 0 Å². The second-order valence-corrected chi connectivity index (χ2v) is 8.21. The van der Waals surface area contributed by atoms with Gasteiger partial charge in [-0.05, 0) is 62.4 Å². The molecular formula is C23H27NO3. The zero-order chi connectivity index (χ0) is 19.0. The van der Waals surface area contributed by atoms with Gasteiger partial charge in [-0.25, -0.2) is 0 Å². The summed E-state index contributed by atoms with van der Waals surface area (Å²) in [4.78, 5) is 15.3. The molecule has 0 spiro atoms. The van der Waals surface area contributed by atoms with Crippen LogP contribution in [0.25, 0.3) is 0 Å². The SMILES string of the molecule is CC(C(=O)c1ccc(O)cc1)N1C2CCC1CC(O)(Cc1ccccc1)C2. The van der Waals surface area contributed by atoms with E-state index in [0.717, 1.165) is 12.8 Å². The smallest absolute Gasteiger partial charge is 0.179 e. The summed E-state index contributed by atoms with van der Waals surface area (Å²) in [6, 6.07) is 16.9. The van der Waals surface area contributed by atoms with Gasteiger partial charge in [0.15, 0.2) is 5.78 Å². The summed E-state index contributed by atoms with van der Waals surface area (Å²) in [6.07, 6.45) is 4.18. The molecule has 0 aliphatic carbocycles. The molecule has 2 aliphatic heterocycles. The number of aromatic hydroxyl groups is 1. The van der Waals surface area contributed by atoms with E-state index in [1.54, 1.807) is 24.3 Å². The Morgan fingerprint density at radius 3 is 2.26 bits per heavy atom. The predicted molar refractivity (Wildman–Crippen MR) is 105 cm³/mol. The van der Waals surface area contributed by atoms with Gasteiger partial charge in [0.2, 0.25) is 0 Å². The highest BCUT2D eigenvalue weighted by Crippen LogP contribution is 2.43. The number of phenols is 1. The van der Waals surface area contributed by atoms with E-state index in [-0.39, 0.29) is 29.7 Å². The summed E-state index contributed by atoms with van der Waals surface area (Å²) in [7, 11) is 0. The van der Waals surface area contributed by atoms with E-state index in [0.29, 0.717) is 24.8 Å². The molecule has 2 aliphatic rings. The number of nitrogens with zero attached hydrogens (tertiary/aromatic N) is 1. The van der Waals surface area contributed by atoms with E-state index in [9.17, 15) is 15.0 Å². The van der Waals surface area contributed by atoms with Crippen molar-refractivity contribution in [2.45, 2.75) is 62.8 Å². The number of piperidine rings is 1. The first-order chi connectivity index (χ1) is 13.0. The molecule has 4 nitrogen and oxygen atoms in total. The van der Waals surface area contributed by atoms with Gasteiger partial charge < -0.3 is 10.2 Å². The number of ketones is 1. The summed E-state index contributed by atoms with van der Waals surface area (Å²) in [6.45, 7) is 1.97. The summed E-state index contributed by atoms with van der Waals surface area (Å²) >= 11 is 0. The highest BCUT2D eigenvalue weighted by molar-refractivity contribution is 6.00. The molecule has 142 valence electrons. The molecule has 2 heterocycles. The van der Waals surface area contributed by atoms with E-state index in [4.69, 9.17) is 0 Å². The Morgan fingerprint density at radius 2 is 1.67 bits per heavy atom. The van der Waals surface area contributed by atoms with Crippen LogP contribution in [0.15, 0.2) is 54.6 Å². The van der Waals surface area contributed by atoms with Crippen molar-refractivity contribution in [3.05, 3.63) is 65.7 Å². The van der Waals surface area contributed by atoms with Crippen molar-refractivity contribution in [3.63, 3.8) is 0 Å². The molecule has 4 rings (SSSR count). The number of benzene rings is 2. The Morgan fingerprint density at radius 1 is 1.07 bits per heavy atom. The fraction of sp³-hybridized carbons (Fsp3) is 0.435. The molecule has 0 radical (unpaired) electrons. The monoisotopic (exact) mass is 365 g/mol. The van der Waals surface area contributed by atoms with Crippen LogP contribution >= 0.6 is 0 Å². The van der Waals surface area contributed by atoms with Gasteiger partial charge in [-0.3, -0.25) is 9.69 Å². The van der Waals surface area contributed by atoms with Crippen LogP contribution in [0, 0.1) is 0 Å². The van der Waals surface area contributed by atoms with Gasteiger partial charge in [0.05, 0.1) is 11.6 Å². The highest BCUT2D eigenvalue weighted by Gasteiger charge is 2.49. The van der Waals surface area contributed by atoms with Crippen LogP contribution in [-0.4, -0.2) is 44.6 Å². The van der Waals surface area contributed by atoms with Crippen molar-refractivity contribution in [3.8, 4) is 5.75 Å². The summed E-state index contributed by atoms with van der Waals surface area (Å²) < 4.78 is 0. The molecule has 2 bridgehead atoms. The average molecular weight is 365 g/mol. The van der Waals surface area contributed by atoms with E-state index in [2.05, 4.69) is 17.0 Å². The number of carbonyl (C=O) groups excluding carboxylic acids is 1. The highest BCUT2D eigenvalue weighted by atomic mass is 16.3. The van der Waals surface area contributed by atoms with Crippen molar-refractivity contribution in [2.75, 3.05) is 0 Å². The normalized spacial score (nSPS) is 28.8. The topological polar surface area (TPSA) is 60.8 Å². The lowest BCUT2D eigenvalue weighted by Gasteiger charge is -2.46. The third kappa shape index (κ3) is 3.64. The van der Waals surface area contributed by atoms with Crippen molar-refractivity contribution in [2.24, 2.45) is 0 Å². The first-order valence-electron chi connectivity index (χ1n) is 9.82. The molecule has 0 amide bonds. The standard InChI is InChI=1S/C23H27NO3/c1-16(22(26)18-7-11-21(25)12-8-18)24-19-9-10-20(24)15-23(27,14-19)13-17-5-3-2-4-6-17/h2-8,11-12,16,19-20,25,27H,9-10,13-15H2,1H3. The van der Waals surface area contributed by atoms with Crippen molar-refractivity contribution in [1.29, 1.82) is 0 Å². The number of rotatable bonds is 5. The number of fused-ring (bicyclic) bond motifs is 2. The van der Waals surface area contributed by atoms with Gasteiger partial charge in [0.1, 0.15) is 5.75 Å². The van der Waals surface area contributed by atoms with Crippen LogP contribution < -0.4 is 0 Å². The Labute approximate surface area is 160 Å². The minimum atomic E-state index is -0.689. The maximum atomic E-state index is 12.9. The fourth-order valence-electron chi connectivity index (χ4n) is 5.11. The molecule has 3 unspecified atom stereocenters. The van der Waals surface area contributed by atoms with E-state index in [1.165, 1.54) is 5.56 Å². The third-order valence-corrected chi connectivity index (χ3v) is 6.26. The number of hydrogen-bond donors (Lipinski definition) is 2. The van der Waals surface area contributed by atoms with Gasteiger partial charge in [0.25, 0.3) is 0 Å². The number of Topliss-reactive ketones (excluding diaryl/α,β-unsaturated/α-hetero) is 1. The lowest BCUT2D eigenvalue weighted by molar-refractivity contribution is -0.0586. The molecule has 0 aromatic heterocycles. The maximum Gasteiger partial charge on any atom is 0.179 e. The van der Waals surface area contributed by atoms with Gasteiger partial charge in [0, 0.05) is 24.1 Å². The van der Waals surface area contributed by atoms with E-state index in [1.807, 2.05) is 25.1 Å². The van der Waals surface area contributed by atoms with Crippen LogP contribution in [0.3, 0.4) is 0 Å². The number of carbonyl (C=O) groups is 1. The van der Waals surface area contributed by atoms with Crippen molar-refractivity contribution >= 4 is 5.78 Å². The van der Waals surface area contributed by atoms with Crippen LogP contribution in [0.2, 0.25) is 0 Å². The molecule has 0 saturated carbocycles. The lowest BCUT2D eigenvalue weighted by Crippen LogP contribution is -2.56. The molecule has 2 N–H and O–H groups in total. The number of phenolic OH excluding ortho intramolecular Hbond substituents is 1.